The second-order valence-corrected chi connectivity index (χ2v) is 9.15. The molecule has 1 aliphatic heterocycles. The maximum absolute atomic E-state index is 14.9. The molecular formula is C25H32FN3O4. The van der Waals surface area contributed by atoms with E-state index in [-0.39, 0.29) is 17.4 Å². The molecule has 7 nitrogen and oxygen atoms in total. The first kappa shape index (κ1) is 23.1. The van der Waals surface area contributed by atoms with Gasteiger partial charge in [-0.15, -0.1) is 0 Å². The molecule has 0 atom stereocenters. The summed E-state index contributed by atoms with van der Waals surface area (Å²) in [7, 11) is 3.10. The Kier molecular flexibility index (Phi) is 6.91. The molecule has 1 aromatic carbocycles. The van der Waals surface area contributed by atoms with Gasteiger partial charge in [0.05, 0.1) is 26.4 Å². The lowest BCUT2D eigenvalue weighted by molar-refractivity contribution is 0.0707. The van der Waals surface area contributed by atoms with Crippen LogP contribution in [0.4, 0.5) is 10.2 Å². The standard InChI is InChI=1S/C25H32FN3O4/c1-15-8-16(9-15)14-33-23-11-20(26)18(10-22(23)32-3)25(30)29-6-4-17(5-7-29)19-13-28-24(27)12-21(19)31-2/h10-13,15-17H,4-9,14H2,1-3H3,(H2,27,28). The monoisotopic (exact) mass is 457 g/mol. The molecular weight excluding hydrogens is 425 g/mol. The Morgan fingerprint density at radius 3 is 2.45 bits per heavy atom. The van der Waals surface area contributed by atoms with E-state index in [0.717, 1.165) is 37.2 Å². The molecule has 1 amide bonds. The molecule has 2 heterocycles. The Bertz CT molecular complexity index is 1000. The van der Waals surface area contributed by atoms with E-state index >= 15 is 0 Å². The van der Waals surface area contributed by atoms with E-state index in [0.29, 0.717) is 48.7 Å². The number of pyridine rings is 1. The minimum Gasteiger partial charge on any atom is -0.496 e. The molecule has 1 saturated heterocycles. The fourth-order valence-electron chi connectivity index (χ4n) is 4.89. The van der Waals surface area contributed by atoms with Crippen molar-refractivity contribution in [1.29, 1.82) is 0 Å². The van der Waals surface area contributed by atoms with Crippen molar-refractivity contribution in [3.63, 3.8) is 0 Å². The first-order valence-corrected chi connectivity index (χ1v) is 11.5. The SMILES string of the molecule is COc1cc(C(=O)N2CCC(c3cnc(N)cc3OC)CC2)c(F)cc1OCC1CC(C)C1. The van der Waals surface area contributed by atoms with Crippen LogP contribution in [0.3, 0.4) is 0 Å². The number of anilines is 1. The van der Waals surface area contributed by atoms with Crippen LogP contribution in [0.25, 0.3) is 0 Å². The third kappa shape index (κ3) is 4.99. The first-order chi connectivity index (χ1) is 15.9. The number of carbonyl (C=O) groups is 1. The molecule has 0 bridgehead atoms. The maximum Gasteiger partial charge on any atom is 0.256 e. The van der Waals surface area contributed by atoms with Crippen LogP contribution in [0, 0.1) is 17.7 Å². The Morgan fingerprint density at radius 1 is 1.12 bits per heavy atom. The summed E-state index contributed by atoms with van der Waals surface area (Å²) in [6.45, 7) is 3.77. The second-order valence-electron chi connectivity index (χ2n) is 9.15. The Labute approximate surface area is 194 Å². The summed E-state index contributed by atoms with van der Waals surface area (Å²) in [6, 6.07) is 4.44. The van der Waals surface area contributed by atoms with Gasteiger partial charge in [0.2, 0.25) is 0 Å². The third-order valence-electron chi connectivity index (χ3n) is 6.79. The zero-order valence-electron chi connectivity index (χ0n) is 19.5. The molecule has 2 fully saturated rings. The predicted octanol–water partition coefficient (Wildman–Crippen LogP) is 4.26. The van der Waals surface area contributed by atoms with Crippen molar-refractivity contribution >= 4 is 11.7 Å². The molecule has 1 aliphatic carbocycles. The van der Waals surface area contributed by atoms with Crippen LogP contribution in [-0.4, -0.2) is 49.7 Å². The molecule has 4 rings (SSSR count). The van der Waals surface area contributed by atoms with Crippen molar-refractivity contribution in [2.24, 2.45) is 11.8 Å². The van der Waals surface area contributed by atoms with Crippen molar-refractivity contribution in [3.05, 3.63) is 41.3 Å². The molecule has 1 aromatic heterocycles. The number of rotatable bonds is 7. The van der Waals surface area contributed by atoms with Crippen LogP contribution in [0.1, 0.15) is 54.4 Å². The number of carbonyl (C=O) groups excluding carboxylic acids is 1. The number of nitrogen functional groups attached to an aromatic ring is 1. The molecule has 0 spiro atoms. The van der Waals surface area contributed by atoms with Crippen LogP contribution < -0.4 is 19.9 Å². The smallest absolute Gasteiger partial charge is 0.256 e. The number of nitrogens with two attached hydrogens (primary N) is 1. The van der Waals surface area contributed by atoms with E-state index in [1.807, 2.05) is 0 Å². The van der Waals surface area contributed by atoms with Gasteiger partial charge in [-0.25, -0.2) is 9.37 Å². The summed E-state index contributed by atoms with van der Waals surface area (Å²) in [5.74, 6) is 2.30. The largest absolute Gasteiger partial charge is 0.496 e. The highest BCUT2D eigenvalue weighted by Gasteiger charge is 2.30. The zero-order valence-corrected chi connectivity index (χ0v) is 19.5. The number of halogens is 1. The molecule has 8 heteroatoms. The van der Waals surface area contributed by atoms with Gasteiger partial charge >= 0.3 is 0 Å². The van der Waals surface area contributed by atoms with Gasteiger partial charge in [0.25, 0.3) is 5.91 Å². The highest BCUT2D eigenvalue weighted by Crippen LogP contribution is 2.37. The van der Waals surface area contributed by atoms with Crippen LogP contribution in [0.5, 0.6) is 17.2 Å². The third-order valence-corrected chi connectivity index (χ3v) is 6.79. The molecule has 33 heavy (non-hydrogen) atoms. The maximum atomic E-state index is 14.9. The van der Waals surface area contributed by atoms with Crippen molar-refractivity contribution in [1.82, 2.24) is 9.88 Å². The van der Waals surface area contributed by atoms with Crippen LogP contribution >= 0.6 is 0 Å². The molecule has 0 radical (unpaired) electrons. The van der Waals surface area contributed by atoms with E-state index in [4.69, 9.17) is 19.9 Å². The van der Waals surface area contributed by atoms with E-state index in [2.05, 4.69) is 11.9 Å². The van der Waals surface area contributed by atoms with Gasteiger partial charge in [0.1, 0.15) is 17.4 Å². The van der Waals surface area contributed by atoms with Crippen molar-refractivity contribution in [3.8, 4) is 17.2 Å². The number of hydrogen-bond donors (Lipinski definition) is 1. The number of ether oxygens (including phenoxy) is 3. The molecule has 1 saturated carbocycles. The van der Waals surface area contributed by atoms with Crippen LogP contribution in [0.15, 0.2) is 24.4 Å². The van der Waals surface area contributed by atoms with Crippen molar-refractivity contribution in [2.45, 2.75) is 38.5 Å². The molecule has 178 valence electrons. The highest BCUT2D eigenvalue weighted by molar-refractivity contribution is 5.95. The Morgan fingerprint density at radius 2 is 1.82 bits per heavy atom. The van der Waals surface area contributed by atoms with E-state index < -0.39 is 5.82 Å². The lowest BCUT2D eigenvalue weighted by atomic mass is 9.77. The van der Waals surface area contributed by atoms with E-state index in [1.165, 1.54) is 19.2 Å². The zero-order chi connectivity index (χ0) is 23.5. The van der Waals surface area contributed by atoms with Gasteiger partial charge in [-0.1, -0.05) is 6.92 Å². The number of likely N-dealkylation sites (tertiary alicyclic amines) is 1. The van der Waals surface area contributed by atoms with Gasteiger partial charge in [0.15, 0.2) is 11.5 Å². The van der Waals surface area contributed by atoms with Crippen LogP contribution in [-0.2, 0) is 0 Å². The fraction of sp³-hybridized carbons (Fsp3) is 0.520. The number of hydrogen-bond acceptors (Lipinski definition) is 6. The van der Waals surface area contributed by atoms with Gasteiger partial charge in [-0.05, 0) is 49.5 Å². The number of aromatic nitrogens is 1. The average molecular weight is 458 g/mol. The molecule has 0 unspecified atom stereocenters. The normalized spacial score (nSPS) is 20.8. The predicted molar refractivity (Wildman–Crippen MR) is 123 cm³/mol. The number of amides is 1. The lowest BCUT2D eigenvalue weighted by Gasteiger charge is -2.33. The highest BCUT2D eigenvalue weighted by atomic mass is 19.1. The molecule has 2 aromatic rings. The first-order valence-electron chi connectivity index (χ1n) is 11.5. The minimum atomic E-state index is -0.593. The van der Waals surface area contributed by atoms with Gasteiger partial charge in [-0.3, -0.25) is 4.79 Å². The average Bonchev–Trinajstić information content (AvgIpc) is 2.80. The summed E-state index contributed by atoms with van der Waals surface area (Å²) in [6.07, 6.45) is 5.44. The van der Waals surface area contributed by atoms with Gasteiger partial charge < -0.3 is 24.8 Å². The summed E-state index contributed by atoms with van der Waals surface area (Å²) >= 11 is 0. The summed E-state index contributed by atoms with van der Waals surface area (Å²) in [5.41, 5.74) is 6.74. The fourth-order valence-corrected chi connectivity index (χ4v) is 4.89. The summed E-state index contributed by atoms with van der Waals surface area (Å²) in [5, 5.41) is 0. The topological polar surface area (TPSA) is 86.9 Å². The van der Waals surface area contributed by atoms with Crippen molar-refractivity contribution < 1.29 is 23.4 Å². The van der Waals surface area contributed by atoms with Gasteiger partial charge in [-0.2, -0.15) is 0 Å². The van der Waals surface area contributed by atoms with Gasteiger partial charge in [0, 0.05) is 37.0 Å². The minimum absolute atomic E-state index is 0.00153. The number of benzene rings is 1. The summed E-state index contributed by atoms with van der Waals surface area (Å²) in [4.78, 5) is 19.0. The number of piperidine rings is 1. The lowest BCUT2D eigenvalue weighted by Crippen LogP contribution is -2.38. The quantitative estimate of drug-likeness (QED) is 0.668. The Hall–Kier alpha value is -3.03. The number of nitrogens with zero attached hydrogens (tertiary/aromatic N) is 2. The number of methoxy groups -OCH3 is 2. The molecule has 2 N–H and O–H groups in total. The van der Waals surface area contributed by atoms with Crippen LogP contribution in [0.2, 0.25) is 0 Å². The second kappa shape index (κ2) is 9.85. The van der Waals surface area contributed by atoms with E-state index in [1.54, 1.807) is 24.3 Å². The van der Waals surface area contributed by atoms with Crippen molar-refractivity contribution in [2.75, 3.05) is 39.6 Å². The Balaban J connectivity index is 1.42. The summed E-state index contributed by atoms with van der Waals surface area (Å²) < 4.78 is 31.6. The van der Waals surface area contributed by atoms with E-state index in [9.17, 15) is 9.18 Å². The molecule has 2 aliphatic rings.